The molecule has 2 aromatic rings. The molecule has 0 aliphatic heterocycles. The Bertz CT molecular complexity index is 760. The molecule has 1 atom stereocenters. The molecule has 2 N–H and O–H groups in total. The third-order valence-corrected chi connectivity index (χ3v) is 5.13. The number of rotatable bonds is 6. The number of hydrogen-bond donors (Lipinski definition) is 2. The van der Waals surface area contributed by atoms with Crippen LogP contribution in [0.4, 0.5) is 9.18 Å². The highest BCUT2D eigenvalue weighted by molar-refractivity contribution is 5.74. The van der Waals surface area contributed by atoms with Crippen LogP contribution in [0.5, 0.6) is 0 Å². The first-order chi connectivity index (χ1) is 12.7. The first-order valence-electron chi connectivity index (χ1n) is 9.57. The van der Waals surface area contributed by atoms with Gasteiger partial charge in [0.25, 0.3) is 0 Å². The van der Waals surface area contributed by atoms with Crippen LogP contribution in [0.25, 0.3) is 0 Å². The van der Waals surface area contributed by atoms with Gasteiger partial charge < -0.3 is 10.6 Å². The lowest BCUT2D eigenvalue weighted by Crippen LogP contribution is -2.38. The summed E-state index contributed by atoms with van der Waals surface area (Å²) in [5.74, 6) is -0.227. The van der Waals surface area contributed by atoms with E-state index in [0.29, 0.717) is 18.5 Å². The highest BCUT2D eigenvalue weighted by atomic mass is 19.1. The normalized spacial score (nSPS) is 14.4. The van der Waals surface area contributed by atoms with Gasteiger partial charge in [-0.25, -0.2) is 9.18 Å². The second kappa shape index (κ2) is 8.84. The van der Waals surface area contributed by atoms with E-state index >= 15 is 0 Å². The zero-order valence-corrected chi connectivity index (χ0v) is 15.4. The number of carbonyl (C=O) groups excluding carboxylic acids is 1. The van der Waals surface area contributed by atoms with Gasteiger partial charge in [0, 0.05) is 6.54 Å². The molecule has 3 nitrogen and oxygen atoms in total. The average molecular weight is 354 g/mol. The number of urea groups is 1. The van der Waals surface area contributed by atoms with Crippen molar-refractivity contribution in [2.24, 2.45) is 0 Å². The zero-order valence-electron chi connectivity index (χ0n) is 15.4. The third kappa shape index (κ3) is 4.63. The fourth-order valence-corrected chi connectivity index (χ4v) is 3.61. The van der Waals surface area contributed by atoms with Gasteiger partial charge in [-0.05, 0) is 66.8 Å². The zero-order chi connectivity index (χ0) is 18.4. The third-order valence-electron chi connectivity index (χ3n) is 5.13. The minimum absolute atomic E-state index is 0.00399. The molecule has 0 radical (unpaired) electrons. The Hall–Kier alpha value is -2.36. The molecule has 1 unspecified atom stereocenters. The molecule has 0 heterocycles. The van der Waals surface area contributed by atoms with Crippen LogP contribution in [0.1, 0.15) is 54.5 Å². The van der Waals surface area contributed by atoms with E-state index in [1.807, 2.05) is 6.07 Å². The molecule has 1 aliphatic carbocycles. The average Bonchev–Trinajstić information content (AvgIpc) is 2.67. The Kier molecular flexibility index (Phi) is 6.26. The van der Waals surface area contributed by atoms with E-state index in [1.165, 1.54) is 30.0 Å². The van der Waals surface area contributed by atoms with E-state index < -0.39 is 0 Å². The van der Waals surface area contributed by atoms with Crippen molar-refractivity contribution >= 4 is 6.03 Å². The first-order valence-corrected chi connectivity index (χ1v) is 9.57. The van der Waals surface area contributed by atoms with Gasteiger partial charge >= 0.3 is 6.03 Å². The molecule has 0 fully saturated rings. The second-order valence-corrected chi connectivity index (χ2v) is 6.94. The van der Waals surface area contributed by atoms with E-state index in [0.717, 1.165) is 24.8 Å². The maximum absolute atomic E-state index is 13.6. The number of hydrogen-bond acceptors (Lipinski definition) is 1. The monoisotopic (exact) mass is 354 g/mol. The fourth-order valence-electron chi connectivity index (χ4n) is 3.61. The Balaban J connectivity index is 1.54. The summed E-state index contributed by atoms with van der Waals surface area (Å²) < 4.78 is 13.6. The molecular weight excluding hydrogens is 327 g/mol. The number of halogens is 1. The molecule has 4 heteroatoms. The van der Waals surface area contributed by atoms with Crippen molar-refractivity contribution in [3.05, 3.63) is 70.5 Å². The summed E-state index contributed by atoms with van der Waals surface area (Å²) >= 11 is 0. The second-order valence-electron chi connectivity index (χ2n) is 6.94. The van der Waals surface area contributed by atoms with E-state index in [-0.39, 0.29) is 17.9 Å². The SMILES string of the molecule is CCC(NC(=O)NCCc1ccccc1F)c1ccc2c(c1)CCCC2. The minimum atomic E-state index is -0.227. The van der Waals surface area contributed by atoms with E-state index in [1.54, 1.807) is 12.1 Å². The molecule has 0 saturated heterocycles. The van der Waals surface area contributed by atoms with Crippen molar-refractivity contribution in [2.45, 2.75) is 51.5 Å². The largest absolute Gasteiger partial charge is 0.338 e. The Morgan fingerprint density at radius 3 is 2.65 bits per heavy atom. The lowest BCUT2D eigenvalue weighted by molar-refractivity contribution is 0.237. The van der Waals surface area contributed by atoms with Crippen LogP contribution in [0.3, 0.4) is 0 Å². The number of benzene rings is 2. The van der Waals surface area contributed by atoms with Crippen molar-refractivity contribution in [3.63, 3.8) is 0 Å². The smallest absolute Gasteiger partial charge is 0.315 e. The van der Waals surface area contributed by atoms with Crippen LogP contribution >= 0.6 is 0 Å². The van der Waals surface area contributed by atoms with Crippen molar-refractivity contribution in [3.8, 4) is 0 Å². The van der Waals surface area contributed by atoms with E-state index in [2.05, 4.69) is 35.8 Å². The molecule has 1 aliphatic rings. The number of amides is 2. The highest BCUT2D eigenvalue weighted by Crippen LogP contribution is 2.26. The van der Waals surface area contributed by atoms with Crippen LogP contribution in [0, 0.1) is 5.82 Å². The van der Waals surface area contributed by atoms with Gasteiger partial charge in [0.1, 0.15) is 5.82 Å². The molecule has 0 saturated carbocycles. The molecule has 0 aromatic heterocycles. The molecule has 0 bridgehead atoms. The summed E-state index contributed by atoms with van der Waals surface area (Å²) in [6.45, 7) is 2.48. The molecule has 26 heavy (non-hydrogen) atoms. The summed E-state index contributed by atoms with van der Waals surface area (Å²) in [4.78, 5) is 12.2. The highest BCUT2D eigenvalue weighted by Gasteiger charge is 2.16. The van der Waals surface area contributed by atoms with Crippen molar-refractivity contribution < 1.29 is 9.18 Å². The molecule has 0 spiro atoms. The summed E-state index contributed by atoms with van der Waals surface area (Å²) in [5.41, 5.74) is 4.66. The van der Waals surface area contributed by atoms with Gasteiger partial charge in [0.05, 0.1) is 6.04 Å². The Labute approximate surface area is 155 Å². The van der Waals surface area contributed by atoms with Gasteiger partial charge in [0.2, 0.25) is 0 Å². The summed E-state index contributed by atoms with van der Waals surface area (Å²) in [7, 11) is 0. The van der Waals surface area contributed by atoms with Gasteiger partial charge in [-0.15, -0.1) is 0 Å². The maximum Gasteiger partial charge on any atom is 0.315 e. The van der Waals surface area contributed by atoms with Crippen LogP contribution in [0.2, 0.25) is 0 Å². The van der Waals surface area contributed by atoms with Gasteiger partial charge in [0.15, 0.2) is 0 Å². The summed E-state index contributed by atoms with van der Waals surface area (Å²) in [6.07, 6.45) is 6.13. The topological polar surface area (TPSA) is 41.1 Å². The van der Waals surface area contributed by atoms with E-state index in [9.17, 15) is 9.18 Å². The van der Waals surface area contributed by atoms with Gasteiger partial charge in [-0.3, -0.25) is 0 Å². The van der Waals surface area contributed by atoms with Crippen LogP contribution in [-0.2, 0) is 19.3 Å². The quantitative estimate of drug-likeness (QED) is 0.776. The van der Waals surface area contributed by atoms with Crippen LogP contribution in [-0.4, -0.2) is 12.6 Å². The van der Waals surface area contributed by atoms with Crippen molar-refractivity contribution in [1.29, 1.82) is 0 Å². The van der Waals surface area contributed by atoms with Gasteiger partial charge in [-0.1, -0.05) is 43.3 Å². The van der Waals surface area contributed by atoms with Crippen LogP contribution < -0.4 is 10.6 Å². The maximum atomic E-state index is 13.6. The summed E-state index contributed by atoms with van der Waals surface area (Å²) in [5, 5.41) is 5.89. The number of carbonyl (C=O) groups is 1. The lowest BCUT2D eigenvalue weighted by atomic mass is 9.89. The first kappa shape index (κ1) is 18.4. The molecular formula is C22H27FN2O. The van der Waals surface area contributed by atoms with Gasteiger partial charge in [-0.2, -0.15) is 0 Å². The van der Waals surface area contributed by atoms with Crippen molar-refractivity contribution in [1.82, 2.24) is 10.6 Å². The molecule has 3 rings (SSSR count). The number of aryl methyl sites for hydroxylation is 2. The predicted octanol–water partition coefficient (Wildman–Crippen LogP) is 4.70. The molecule has 2 amide bonds. The molecule has 2 aromatic carbocycles. The standard InChI is InChI=1S/C22H27FN2O/c1-2-21(19-12-11-16-7-3-4-9-18(16)15-19)25-22(26)24-14-13-17-8-5-6-10-20(17)23/h5-6,8,10-12,15,21H,2-4,7,9,13-14H2,1H3,(H2,24,25,26). The Morgan fingerprint density at radius 1 is 1.12 bits per heavy atom. The van der Waals surface area contributed by atoms with Crippen molar-refractivity contribution in [2.75, 3.05) is 6.54 Å². The van der Waals surface area contributed by atoms with Crippen LogP contribution in [0.15, 0.2) is 42.5 Å². The lowest BCUT2D eigenvalue weighted by Gasteiger charge is -2.22. The molecule has 138 valence electrons. The number of fused-ring (bicyclic) bond motifs is 1. The van der Waals surface area contributed by atoms with E-state index in [4.69, 9.17) is 0 Å². The predicted molar refractivity (Wildman–Crippen MR) is 103 cm³/mol. The number of nitrogens with one attached hydrogen (secondary N) is 2. The minimum Gasteiger partial charge on any atom is -0.338 e. The fraction of sp³-hybridized carbons (Fsp3) is 0.409. The summed E-state index contributed by atoms with van der Waals surface area (Å²) in [6, 6.07) is 13.1. The Morgan fingerprint density at radius 2 is 1.88 bits per heavy atom.